The van der Waals surface area contributed by atoms with Gasteiger partial charge in [0.25, 0.3) is 5.91 Å². The summed E-state index contributed by atoms with van der Waals surface area (Å²) in [6.45, 7) is 5.82. The molecule has 1 unspecified atom stereocenters. The third-order valence-corrected chi connectivity index (χ3v) is 4.46. The number of amides is 1. The molecule has 6 nitrogen and oxygen atoms in total. The normalized spacial score (nSPS) is 18.6. The number of guanidine groups is 1. The van der Waals surface area contributed by atoms with Gasteiger partial charge in [-0.2, -0.15) is 0 Å². The van der Waals surface area contributed by atoms with Crippen LogP contribution in [0.1, 0.15) is 35.7 Å². The highest BCUT2D eigenvalue weighted by Crippen LogP contribution is 2.15. The summed E-state index contributed by atoms with van der Waals surface area (Å²) in [6, 6.07) is 8.05. The van der Waals surface area contributed by atoms with E-state index in [1.165, 1.54) is 19.4 Å². The topological polar surface area (TPSA) is 74.0 Å². The molecule has 1 aliphatic heterocycles. The summed E-state index contributed by atoms with van der Waals surface area (Å²) in [5, 5.41) is 3.23. The van der Waals surface area contributed by atoms with Gasteiger partial charge in [-0.25, -0.2) is 4.99 Å². The first-order valence-corrected chi connectivity index (χ1v) is 8.59. The van der Waals surface area contributed by atoms with E-state index in [1.54, 1.807) is 19.0 Å². The van der Waals surface area contributed by atoms with Crippen molar-refractivity contribution >= 4 is 11.9 Å². The molecule has 2 rings (SSSR count). The Balaban J connectivity index is 1.82. The van der Waals surface area contributed by atoms with Crippen LogP contribution in [0.3, 0.4) is 0 Å². The average Bonchev–Trinajstić information content (AvgIpc) is 3.05. The third-order valence-electron chi connectivity index (χ3n) is 4.46. The van der Waals surface area contributed by atoms with E-state index in [4.69, 9.17) is 5.73 Å². The van der Waals surface area contributed by atoms with Crippen molar-refractivity contribution in [3.05, 3.63) is 35.4 Å². The second-order valence-electron chi connectivity index (χ2n) is 6.40. The summed E-state index contributed by atoms with van der Waals surface area (Å²) in [4.78, 5) is 20.3. The minimum atomic E-state index is 0.00303. The van der Waals surface area contributed by atoms with Crippen LogP contribution in [-0.2, 0) is 6.54 Å². The Morgan fingerprint density at radius 1 is 1.38 bits per heavy atom. The quantitative estimate of drug-likeness (QED) is 0.608. The van der Waals surface area contributed by atoms with E-state index in [9.17, 15) is 4.79 Å². The maximum absolute atomic E-state index is 11.8. The fourth-order valence-corrected chi connectivity index (χ4v) is 3.01. The van der Waals surface area contributed by atoms with Gasteiger partial charge in [0.2, 0.25) is 0 Å². The van der Waals surface area contributed by atoms with Gasteiger partial charge in [0.1, 0.15) is 0 Å². The molecule has 1 amide bonds. The van der Waals surface area contributed by atoms with Gasteiger partial charge in [-0.1, -0.05) is 19.1 Å². The number of nitrogens with two attached hydrogens (primary N) is 1. The summed E-state index contributed by atoms with van der Waals surface area (Å²) in [5.41, 5.74) is 7.68. The summed E-state index contributed by atoms with van der Waals surface area (Å²) in [7, 11) is 3.49. The van der Waals surface area contributed by atoms with Crippen LogP contribution in [-0.4, -0.2) is 61.4 Å². The van der Waals surface area contributed by atoms with Gasteiger partial charge in [-0.05, 0) is 43.6 Å². The number of nitrogens with one attached hydrogen (secondary N) is 1. The molecule has 1 saturated heterocycles. The van der Waals surface area contributed by atoms with E-state index < -0.39 is 0 Å². The van der Waals surface area contributed by atoms with Gasteiger partial charge >= 0.3 is 0 Å². The molecule has 24 heavy (non-hydrogen) atoms. The molecule has 132 valence electrons. The van der Waals surface area contributed by atoms with E-state index in [-0.39, 0.29) is 5.91 Å². The number of hydrogen-bond acceptors (Lipinski definition) is 3. The SMILES string of the molecule is CCN1CCCC1CNC(N)=NCc1ccc(C(=O)N(C)C)cc1. The van der Waals surface area contributed by atoms with Crippen molar-refractivity contribution in [1.82, 2.24) is 15.1 Å². The van der Waals surface area contributed by atoms with E-state index in [1.807, 2.05) is 24.3 Å². The zero-order chi connectivity index (χ0) is 17.5. The van der Waals surface area contributed by atoms with Crippen molar-refractivity contribution in [3.8, 4) is 0 Å². The molecule has 0 radical (unpaired) electrons. The van der Waals surface area contributed by atoms with Crippen molar-refractivity contribution in [2.75, 3.05) is 33.7 Å². The van der Waals surface area contributed by atoms with Crippen LogP contribution in [0.2, 0.25) is 0 Å². The number of hydrogen-bond donors (Lipinski definition) is 2. The van der Waals surface area contributed by atoms with Gasteiger partial charge in [-0.3, -0.25) is 9.69 Å². The lowest BCUT2D eigenvalue weighted by atomic mass is 10.1. The van der Waals surface area contributed by atoms with Crippen LogP contribution in [0, 0.1) is 0 Å². The van der Waals surface area contributed by atoms with Crippen LogP contribution >= 0.6 is 0 Å². The number of benzene rings is 1. The second kappa shape index (κ2) is 8.68. The van der Waals surface area contributed by atoms with Crippen LogP contribution in [0.25, 0.3) is 0 Å². The third kappa shape index (κ3) is 4.96. The number of aliphatic imine (C=N–C) groups is 1. The lowest BCUT2D eigenvalue weighted by molar-refractivity contribution is 0.0827. The summed E-state index contributed by atoms with van der Waals surface area (Å²) >= 11 is 0. The predicted molar refractivity (Wildman–Crippen MR) is 98.1 cm³/mol. The van der Waals surface area contributed by atoms with Crippen molar-refractivity contribution in [2.24, 2.45) is 10.7 Å². The van der Waals surface area contributed by atoms with Crippen LogP contribution in [0.4, 0.5) is 0 Å². The van der Waals surface area contributed by atoms with Gasteiger partial charge in [0.15, 0.2) is 5.96 Å². The number of likely N-dealkylation sites (N-methyl/N-ethyl adjacent to an activating group) is 1. The number of rotatable bonds is 6. The highest BCUT2D eigenvalue weighted by molar-refractivity contribution is 5.93. The van der Waals surface area contributed by atoms with Crippen molar-refractivity contribution in [2.45, 2.75) is 32.4 Å². The molecule has 0 aliphatic carbocycles. The molecule has 3 N–H and O–H groups in total. The van der Waals surface area contributed by atoms with Crippen LogP contribution < -0.4 is 11.1 Å². The maximum atomic E-state index is 11.8. The highest BCUT2D eigenvalue weighted by atomic mass is 16.2. The van der Waals surface area contributed by atoms with Gasteiger partial charge in [0, 0.05) is 32.2 Å². The largest absolute Gasteiger partial charge is 0.370 e. The highest BCUT2D eigenvalue weighted by Gasteiger charge is 2.22. The van der Waals surface area contributed by atoms with Gasteiger partial charge in [-0.15, -0.1) is 0 Å². The molecule has 0 saturated carbocycles. The molecule has 0 aromatic heterocycles. The Labute approximate surface area is 144 Å². The van der Waals surface area contributed by atoms with E-state index in [0.29, 0.717) is 24.1 Å². The molecule has 1 aromatic carbocycles. The van der Waals surface area contributed by atoms with Gasteiger partial charge in [0.05, 0.1) is 6.54 Å². The molecular weight excluding hydrogens is 302 g/mol. The number of nitrogens with zero attached hydrogens (tertiary/aromatic N) is 3. The number of likely N-dealkylation sites (tertiary alicyclic amines) is 1. The minimum Gasteiger partial charge on any atom is -0.370 e. The number of carbonyl (C=O) groups excluding carboxylic acids is 1. The first-order chi connectivity index (χ1) is 11.5. The first kappa shape index (κ1) is 18.3. The fraction of sp³-hybridized carbons (Fsp3) is 0.556. The smallest absolute Gasteiger partial charge is 0.253 e. The zero-order valence-corrected chi connectivity index (χ0v) is 15.0. The molecule has 1 atom stereocenters. The van der Waals surface area contributed by atoms with Crippen LogP contribution in [0.15, 0.2) is 29.3 Å². The molecule has 1 aromatic rings. The molecule has 0 spiro atoms. The standard InChI is InChI=1S/C18H29N5O/c1-4-23-11-5-6-16(23)13-21-18(19)20-12-14-7-9-15(10-8-14)17(24)22(2)3/h7-10,16H,4-6,11-13H2,1-3H3,(H3,19,20,21). The lowest BCUT2D eigenvalue weighted by Crippen LogP contribution is -2.42. The zero-order valence-electron chi connectivity index (χ0n) is 15.0. The molecule has 1 heterocycles. The molecule has 0 bridgehead atoms. The summed E-state index contributed by atoms with van der Waals surface area (Å²) < 4.78 is 0. The first-order valence-electron chi connectivity index (χ1n) is 8.59. The Morgan fingerprint density at radius 3 is 2.71 bits per heavy atom. The van der Waals surface area contributed by atoms with Crippen molar-refractivity contribution < 1.29 is 4.79 Å². The minimum absolute atomic E-state index is 0.00303. The van der Waals surface area contributed by atoms with Crippen LogP contribution in [0.5, 0.6) is 0 Å². The lowest BCUT2D eigenvalue weighted by Gasteiger charge is -2.23. The van der Waals surface area contributed by atoms with Crippen molar-refractivity contribution in [1.29, 1.82) is 0 Å². The van der Waals surface area contributed by atoms with E-state index >= 15 is 0 Å². The summed E-state index contributed by atoms with van der Waals surface area (Å²) in [6.07, 6.45) is 2.48. The Kier molecular flexibility index (Phi) is 6.61. The molecular formula is C18H29N5O. The molecule has 1 aliphatic rings. The second-order valence-corrected chi connectivity index (χ2v) is 6.40. The van der Waals surface area contributed by atoms with Gasteiger partial charge < -0.3 is 16.0 Å². The number of carbonyl (C=O) groups is 1. The average molecular weight is 331 g/mol. The predicted octanol–water partition coefficient (Wildman–Crippen LogP) is 1.28. The van der Waals surface area contributed by atoms with E-state index in [2.05, 4.69) is 22.1 Å². The molecule has 6 heteroatoms. The monoisotopic (exact) mass is 331 g/mol. The van der Waals surface area contributed by atoms with Crippen molar-refractivity contribution in [3.63, 3.8) is 0 Å². The molecule has 1 fully saturated rings. The fourth-order valence-electron chi connectivity index (χ4n) is 3.01. The Bertz CT molecular complexity index is 567. The Morgan fingerprint density at radius 2 is 2.08 bits per heavy atom. The Hall–Kier alpha value is -2.08. The maximum Gasteiger partial charge on any atom is 0.253 e. The van der Waals surface area contributed by atoms with E-state index in [0.717, 1.165) is 18.7 Å². The summed E-state index contributed by atoms with van der Waals surface area (Å²) in [5.74, 6) is 0.481.